The molecule has 5 nitrogen and oxygen atoms in total. The Morgan fingerprint density at radius 3 is 2.68 bits per heavy atom. The van der Waals surface area contributed by atoms with Crippen LogP contribution in [-0.2, 0) is 6.54 Å². The maximum atomic E-state index is 13.3. The Kier molecular flexibility index (Phi) is 5.07. The molecule has 1 aliphatic rings. The zero-order chi connectivity index (χ0) is 19.5. The lowest BCUT2D eigenvalue weighted by molar-refractivity contribution is 0.479. The van der Waals surface area contributed by atoms with Gasteiger partial charge in [0.25, 0.3) is 0 Å². The van der Waals surface area contributed by atoms with Crippen molar-refractivity contribution in [2.75, 3.05) is 18.0 Å². The number of para-hydroxylation sites is 1. The van der Waals surface area contributed by atoms with Gasteiger partial charge in [0.1, 0.15) is 6.07 Å². The fourth-order valence-corrected chi connectivity index (χ4v) is 4.08. The first-order chi connectivity index (χ1) is 13.7. The van der Waals surface area contributed by atoms with Crippen molar-refractivity contribution < 1.29 is 4.39 Å². The number of rotatable bonds is 4. The van der Waals surface area contributed by atoms with E-state index in [-0.39, 0.29) is 0 Å². The average molecular weight is 375 g/mol. The van der Waals surface area contributed by atoms with Gasteiger partial charge in [-0.1, -0.05) is 12.1 Å². The van der Waals surface area contributed by atoms with Crippen molar-refractivity contribution in [1.82, 2.24) is 14.5 Å². The summed E-state index contributed by atoms with van der Waals surface area (Å²) in [5.41, 5.74) is 4.58. The molecule has 142 valence electrons. The minimum Gasteiger partial charge on any atom is -0.370 e. The highest BCUT2D eigenvalue weighted by molar-refractivity contribution is 5.82. The van der Waals surface area contributed by atoms with Crippen LogP contribution in [-0.4, -0.2) is 27.6 Å². The van der Waals surface area contributed by atoms with E-state index in [1.165, 1.54) is 18.0 Å². The first kappa shape index (κ1) is 18.2. The summed E-state index contributed by atoms with van der Waals surface area (Å²) >= 11 is 0. The van der Waals surface area contributed by atoms with Crippen molar-refractivity contribution >= 4 is 5.69 Å². The van der Waals surface area contributed by atoms with Crippen molar-refractivity contribution in [3.8, 4) is 17.2 Å². The van der Waals surface area contributed by atoms with Crippen LogP contribution in [0.4, 0.5) is 10.1 Å². The third-order valence-corrected chi connectivity index (χ3v) is 5.51. The number of piperidine rings is 1. The summed E-state index contributed by atoms with van der Waals surface area (Å²) in [6.45, 7) is 4.78. The van der Waals surface area contributed by atoms with Gasteiger partial charge in [-0.3, -0.25) is 0 Å². The number of pyridine rings is 1. The Labute approximate surface area is 164 Å². The second-order valence-electron chi connectivity index (χ2n) is 7.05. The Balaban J connectivity index is 1.63. The highest BCUT2D eigenvalue weighted by Gasteiger charge is 2.26. The molecule has 28 heavy (non-hydrogen) atoms. The molecular weight excluding hydrogens is 353 g/mol. The summed E-state index contributed by atoms with van der Waals surface area (Å²) in [5, 5.41) is 9.67. The van der Waals surface area contributed by atoms with Crippen LogP contribution >= 0.6 is 0 Å². The fraction of sp³-hybridized carbons (Fsp3) is 0.318. The Bertz CT molecular complexity index is 995. The van der Waals surface area contributed by atoms with Gasteiger partial charge in [0.05, 0.1) is 17.6 Å². The number of hydrogen-bond acceptors (Lipinski definition) is 4. The lowest BCUT2D eigenvalue weighted by Crippen LogP contribution is -2.34. The first-order valence-electron chi connectivity index (χ1n) is 9.61. The molecule has 1 aliphatic heterocycles. The molecule has 0 N–H and O–H groups in total. The van der Waals surface area contributed by atoms with Gasteiger partial charge in [-0.2, -0.15) is 9.65 Å². The Hall–Kier alpha value is -3.20. The Morgan fingerprint density at radius 2 is 2.00 bits per heavy atom. The van der Waals surface area contributed by atoms with E-state index < -0.39 is 5.95 Å². The van der Waals surface area contributed by atoms with E-state index in [1.54, 1.807) is 6.07 Å². The summed E-state index contributed by atoms with van der Waals surface area (Å²) in [5.74, 6) is -0.0287. The van der Waals surface area contributed by atoms with Crippen molar-refractivity contribution in [2.45, 2.75) is 32.2 Å². The summed E-state index contributed by atoms with van der Waals surface area (Å²) < 4.78 is 15.5. The first-order valence-corrected chi connectivity index (χ1v) is 9.61. The van der Waals surface area contributed by atoms with Crippen LogP contribution in [0.5, 0.6) is 0 Å². The molecule has 1 aromatic carbocycles. The minimum absolute atomic E-state index is 0.476. The van der Waals surface area contributed by atoms with Crippen LogP contribution < -0.4 is 4.90 Å². The Morgan fingerprint density at radius 1 is 1.18 bits per heavy atom. The number of benzene rings is 1. The lowest BCUT2D eigenvalue weighted by atomic mass is 9.91. The van der Waals surface area contributed by atoms with E-state index in [0.717, 1.165) is 49.3 Å². The maximum absolute atomic E-state index is 13.3. The van der Waals surface area contributed by atoms with Gasteiger partial charge in [0.15, 0.2) is 0 Å². The topological polar surface area (TPSA) is 57.7 Å². The van der Waals surface area contributed by atoms with E-state index in [4.69, 9.17) is 0 Å². The number of aromatic nitrogens is 3. The van der Waals surface area contributed by atoms with Crippen molar-refractivity contribution in [1.29, 1.82) is 5.26 Å². The van der Waals surface area contributed by atoms with E-state index in [1.807, 2.05) is 30.7 Å². The number of halogens is 1. The molecule has 0 unspecified atom stereocenters. The maximum Gasteiger partial charge on any atom is 0.212 e. The zero-order valence-corrected chi connectivity index (χ0v) is 15.8. The highest BCUT2D eigenvalue weighted by atomic mass is 19.1. The van der Waals surface area contributed by atoms with E-state index in [0.29, 0.717) is 11.5 Å². The van der Waals surface area contributed by atoms with Crippen LogP contribution in [0.2, 0.25) is 0 Å². The minimum atomic E-state index is -0.505. The summed E-state index contributed by atoms with van der Waals surface area (Å²) in [6, 6.07) is 11.1. The van der Waals surface area contributed by atoms with Gasteiger partial charge < -0.3 is 9.47 Å². The second kappa shape index (κ2) is 7.81. The lowest BCUT2D eigenvalue weighted by Gasteiger charge is -2.35. The van der Waals surface area contributed by atoms with Crippen molar-refractivity contribution in [2.24, 2.45) is 0 Å². The quantitative estimate of drug-likeness (QED) is 0.636. The molecular formula is C22H22FN5. The van der Waals surface area contributed by atoms with Gasteiger partial charge >= 0.3 is 0 Å². The summed E-state index contributed by atoms with van der Waals surface area (Å²) in [6.07, 6.45) is 7.41. The number of nitriles is 1. The molecule has 0 spiro atoms. The molecule has 3 heterocycles. The molecule has 4 rings (SSSR count). The number of imidazole rings is 1. The van der Waals surface area contributed by atoms with Crippen LogP contribution in [0.25, 0.3) is 11.1 Å². The van der Waals surface area contributed by atoms with Gasteiger partial charge in [-0.05, 0) is 38.0 Å². The molecule has 1 fully saturated rings. The SMILES string of the molecule is CCn1cncc1C1CCN(c2c(C#N)cccc2-c2ccc(F)nc2)CC1. The number of aryl methyl sites for hydroxylation is 1. The van der Waals surface area contributed by atoms with Crippen LogP contribution in [0.15, 0.2) is 49.1 Å². The highest BCUT2D eigenvalue weighted by Crippen LogP contribution is 2.37. The zero-order valence-electron chi connectivity index (χ0n) is 15.8. The van der Waals surface area contributed by atoms with Gasteiger partial charge in [-0.25, -0.2) is 9.97 Å². The van der Waals surface area contributed by atoms with E-state index in [9.17, 15) is 9.65 Å². The summed E-state index contributed by atoms with van der Waals surface area (Å²) in [7, 11) is 0. The predicted octanol–water partition coefficient (Wildman–Crippen LogP) is 4.36. The molecule has 0 radical (unpaired) electrons. The fourth-order valence-electron chi connectivity index (χ4n) is 4.08. The van der Waals surface area contributed by atoms with Crippen molar-refractivity contribution in [3.05, 3.63) is 66.3 Å². The average Bonchev–Trinajstić information content (AvgIpc) is 3.23. The number of hydrogen-bond donors (Lipinski definition) is 0. The van der Waals surface area contributed by atoms with Gasteiger partial charge in [0.2, 0.25) is 5.95 Å². The number of anilines is 1. The molecule has 6 heteroatoms. The standard InChI is InChI=1S/C22H22FN5/c1-2-27-15-25-14-20(27)16-8-10-28(11-9-16)22-17(12-24)4-3-5-19(22)18-6-7-21(23)26-13-18/h3-7,13-16H,2,8-11H2,1H3. The predicted molar refractivity (Wildman–Crippen MR) is 106 cm³/mol. The molecule has 1 saturated heterocycles. The van der Waals surface area contributed by atoms with Crippen molar-refractivity contribution in [3.63, 3.8) is 0 Å². The molecule has 0 aliphatic carbocycles. The van der Waals surface area contributed by atoms with Crippen LogP contribution in [0, 0.1) is 17.3 Å². The van der Waals surface area contributed by atoms with E-state index >= 15 is 0 Å². The molecule has 0 amide bonds. The van der Waals surface area contributed by atoms with Crippen LogP contribution in [0.3, 0.4) is 0 Å². The molecule has 3 aromatic rings. The number of nitrogens with zero attached hydrogens (tertiary/aromatic N) is 5. The second-order valence-corrected chi connectivity index (χ2v) is 7.05. The third-order valence-electron chi connectivity index (χ3n) is 5.51. The molecule has 0 bridgehead atoms. The molecule has 2 aromatic heterocycles. The largest absolute Gasteiger partial charge is 0.370 e. The normalized spacial score (nSPS) is 14.8. The smallest absolute Gasteiger partial charge is 0.212 e. The molecule has 0 atom stereocenters. The summed E-state index contributed by atoms with van der Waals surface area (Å²) in [4.78, 5) is 10.4. The van der Waals surface area contributed by atoms with E-state index in [2.05, 4.69) is 32.4 Å². The van der Waals surface area contributed by atoms with Gasteiger partial charge in [0, 0.05) is 54.8 Å². The third kappa shape index (κ3) is 3.36. The van der Waals surface area contributed by atoms with Gasteiger partial charge in [-0.15, -0.1) is 0 Å². The van der Waals surface area contributed by atoms with Crippen LogP contribution in [0.1, 0.15) is 36.9 Å². The molecule has 0 saturated carbocycles. The monoisotopic (exact) mass is 375 g/mol.